The second-order valence-electron chi connectivity index (χ2n) is 6.08. The van der Waals surface area contributed by atoms with E-state index in [1.54, 1.807) is 13.0 Å². The third-order valence-corrected chi connectivity index (χ3v) is 4.45. The highest BCUT2D eigenvalue weighted by Crippen LogP contribution is 2.33. The molecular weight excluding hydrogens is 400 g/mol. The van der Waals surface area contributed by atoms with Gasteiger partial charge in [0.1, 0.15) is 11.8 Å². The highest BCUT2D eigenvalue weighted by molar-refractivity contribution is 6.31. The SMILES string of the molecule is COc1cn(C(Cc2nnc(C)o2)C(=O)O)c(=O)cc1-c1cc(Cl)ccc1C#N. The van der Waals surface area contributed by atoms with Crippen LogP contribution in [0.5, 0.6) is 5.75 Å². The van der Waals surface area contributed by atoms with Crippen molar-refractivity contribution in [3.05, 3.63) is 63.2 Å². The Hall–Kier alpha value is -3.64. The van der Waals surface area contributed by atoms with Crippen molar-refractivity contribution in [3.8, 4) is 22.9 Å². The lowest BCUT2D eigenvalue weighted by Gasteiger charge is -2.17. The summed E-state index contributed by atoms with van der Waals surface area (Å²) in [6, 6.07) is 6.58. The third kappa shape index (κ3) is 4.12. The number of halogens is 1. The molecule has 1 unspecified atom stereocenters. The van der Waals surface area contributed by atoms with Gasteiger partial charge in [0.15, 0.2) is 0 Å². The van der Waals surface area contributed by atoms with Crippen molar-refractivity contribution < 1.29 is 19.1 Å². The van der Waals surface area contributed by atoms with Crippen LogP contribution in [0.25, 0.3) is 11.1 Å². The van der Waals surface area contributed by atoms with Crippen LogP contribution in [0, 0.1) is 18.3 Å². The van der Waals surface area contributed by atoms with E-state index in [1.807, 2.05) is 6.07 Å². The molecule has 3 aromatic rings. The van der Waals surface area contributed by atoms with Crippen LogP contribution >= 0.6 is 11.6 Å². The molecule has 1 aromatic carbocycles. The topological polar surface area (TPSA) is 131 Å². The number of rotatable bonds is 6. The predicted octanol–water partition coefficient (Wildman–Crippen LogP) is 2.61. The summed E-state index contributed by atoms with van der Waals surface area (Å²) < 4.78 is 11.6. The van der Waals surface area contributed by atoms with Gasteiger partial charge in [-0.3, -0.25) is 9.36 Å². The predicted molar refractivity (Wildman–Crippen MR) is 102 cm³/mol. The normalized spacial score (nSPS) is 11.7. The number of ether oxygens (including phenoxy) is 1. The van der Waals surface area contributed by atoms with Crippen molar-refractivity contribution in [1.82, 2.24) is 14.8 Å². The summed E-state index contributed by atoms with van der Waals surface area (Å²) >= 11 is 6.04. The smallest absolute Gasteiger partial charge is 0.327 e. The van der Waals surface area contributed by atoms with Crippen molar-refractivity contribution >= 4 is 17.6 Å². The van der Waals surface area contributed by atoms with Crippen molar-refractivity contribution in [2.45, 2.75) is 19.4 Å². The second-order valence-corrected chi connectivity index (χ2v) is 6.51. The van der Waals surface area contributed by atoms with Crippen LogP contribution in [0.4, 0.5) is 0 Å². The molecule has 148 valence electrons. The van der Waals surface area contributed by atoms with Crippen molar-refractivity contribution in [3.63, 3.8) is 0 Å². The molecule has 0 amide bonds. The van der Waals surface area contributed by atoms with Crippen LogP contribution in [-0.2, 0) is 11.2 Å². The summed E-state index contributed by atoms with van der Waals surface area (Å²) in [6.45, 7) is 1.58. The van der Waals surface area contributed by atoms with Crippen molar-refractivity contribution in [1.29, 1.82) is 5.26 Å². The van der Waals surface area contributed by atoms with E-state index in [0.717, 1.165) is 4.57 Å². The van der Waals surface area contributed by atoms with Gasteiger partial charge in [0.05, 0.1) is 31.4 Å². The molecule has 0 saturated heterocycles. The first-order valence-electron chi connectivity index (χ1n) is 8.36. The van der Waals surface area contributed by atoms with Crippen molar-refractivity contribution in [2.75, 3.05) is 7.11 Å². The summed E-state index contributed by atoms with van der Waals surface area (Å²) in [5.41, 5.74) is 0.417. The van der Waals surface area contributed by atoms with Gasteiger partial charge in [-0.2, -0.15) is 5.26 Å². The summed E-state index contributed by atoms with van der Waals surface area (Å²) in [5, 5.41) is 26.8. The quantitative estimate of drug-likeness (QED) is 0.651. The maximum atomic E-state index is 12.8. The van der Waals surface area contributed by atoms with Crippen LogP contribution in [-0.4, -0.2) is 33.0 Å². The van der Waals surface area contributed by atoms with Gasteiger partial charge < -0.3 is 14.3 Å². The van der Waals surface area contributed by atoms with Crippen LogP contribution in [0.1, 0.15) is 23.4 Å². The highest BCUT2D eigenvalue weighted by atomic mass is 35.5. The lowest BCUT2D eigenvalue weighted by atomic mass is 10.00. The van der Waals surface area contributed by atoms with Gasteiger partial charge in [-0.1, -0.05) is 11.6 Å². The molecule has 0 fully saturated rings. The standard InChI is InChI=1S/C19H15ClN4O5/c1-10-22-23-17(29-10)7-15(19(26)27)24-9-16(28-2)14(6-18(24)25)13-5-12(20)4-3-11(13)8-21/h3-6,9,15H,7H2,1-2H3,(H,26,27). The number of carboxylic acids is 1. The van der Waals surface area contributed by atoms with Gasteiger partial charge in [0.25, 0.3) is 5.56 Å². The molecule has 0 aliphatic rings. The molecule has 0 bridgehead atoms. The minimum atomic E-state index is -1.29. The van der Waals surface area contributed by atoms with E-state index < -0.39 is 17.6 Å². The number of hydrogen-bond acceptors (Lipinski definition) is 7. The Morgan fingerprint density at radius 3 is 2.72 bits per heavy atom. The maximum Gasteiger partial charge on any atom is 0.327 e. The number of nitriles is 1. The molecule has 10 heteroatoms. The Morgan fingerprint density at radius 1 is 1.38 bits per heavy atom. The Kier molecular flexibility index (Phi) is 5.66. The highest BCUT2D eigenvalue weighted by Gasteiger charge is 2.26. The van der Waals surface area contributed by atoms with E-state index in [1.165, 1.54) is 31.5 Å². The third-order valence-electron chi connectivity index (χ3n) is 4.21. The number of aromatic nitrogens is 3. The van der Waals surface area contributed by atoms with E-state index >= 15 is 0 Å². The van der Waals surface area contributed by atoms with Crippen LogP contribution in [0.15, 0.2) is 39.7 Å². The largest absolute Gasteiger partial charge is 0.495 e. The molecule has 0 aliphatic heterocycles. The zero-order valence-corrected chi connectivity index (χ0v) is 16.2. The summed E-state index contributed by atoms with van der Waals surface area (Å²) in [6.07, 6.45) is 1.10. The molecule has 29 heavy (non-hydrogen) atoms. The molecule has 0 radical (unpaired) electrons. The number of carboxylic acid groups (broad SMARTS) is 1. The summed E-state index contributed by atoms with van der Waals surface area (Å²) in [5.74, 6) is -0.671. The number of aryl methyl sites for hydroxylation is 1. The maximum absolute atomic E-state index is 12.8. The van der Waals surface area contributed by atoms with Crippen LogP contribution in [0.3, 0.4) is 0 Å². The number of aliphatic carboxylic acids is 1. The first-order chi connectivity index (χ1) is 13.8. The molecule has 0 saturated carbocycles. The molecule has 3 rings (SSSR count). The molecule has 1 atom stereocenters. The van der Waals surface area contributed by atoms with Gasteiger partial charge in [0.2, 0.25) is 11.8 Å². The fourth-order valence-corrected chi connectivity index (χ4v) is 3.04. The first kappa shape index (κ1) is 20.1. The Labute approximate surface area is 169 Å². The zero-order chi connectivity index (χ0) is 21.1. The number of methoxy groups -OCH3 is 1. The van der Waals surface area contributed by atoms with Gasteiger partial charge >= 0.3 is 5.97 Å². The minimum Gasteiger partial charge on any atom is -0.495 e. The molecule has 0 aliphatic carbocycles. The lowest BCUT2D eigenvalue weighted by molar-refractivity contribution is -0.141. The van der Waals surface area contributed by atoms with Crippen LogP contribution in [0.2, 0.25) is 5.02 Å². The Balaban J connectivity index is 2.13. The molecule has 2 heterocycles. The van der Waals surface area contributed by atoms with Gasteiger partial charge in [-0.15, -0.1) is 10.2 Å². The molecule has 2 aromatic heterocycles. The average Bonchev–Trinajstić information content (AvgIpc) is 3.11. The zero-order valence-electron chi connectivity index (χ0n) is 15.4. The number of pyridine rings is 1. The second kappa shape index (κ2) is 8.16. The fourth-order valence-electron chi connectivity index (χ4n) is 2.87. The molecule has 1 N–H and O–H groups in total. The number of carbonyl (C=O) groups is 1. The molecular formula is C19H15ClN4O5. The summed E-state index contributed by atoms with van der Waals surface area (Å²) in [7, 11) is 1.38. The van der Waals surface area contributed by atoms with Crippen molar-refractivity contribution in [2.24, 2.45) is 0 Å². The Morgan fingerprint density at radius 2 is 2.14 bits per heavy atom. The summed E-state index contributed by atoms with van der Waals surface area (Å²) in [4.78, 5) is 24.6. The van der Waals surface area contributed by atoms with E-state index in [0.29, 0.717) is 21.7 Å². The molecule has 9 nitrogen and oxygen atoms in total. The van der Waals surface area contributed by atoms with E-state index in [-0.39, 0.29) is 24.0 Å². The number of nitrogens with zero attached hydrogens (tertiary/aromatic N) is 4. The first-order valence-corrected chi connectivity index (χ1v) is 8.73. The lowest BCUT2D eigenvalue weighted by Crippen LogP contribution is -2.31. The monoisotopic (exact) mass is 414 g/mol. The Bertz CT molecular complexity index is 1180. The van der Waals surface area contributed by atoms with Gasteiger partial charge in [-0.25, -0.2) is 4.79 Å². The number of hydrogen-bond donors (Lipinski definition) is 1. The van der Waals surface area contributed by atoms with E-state index in [2.05, 4.69) is 10.2 Å². The van der Waals surface area contributed by atoms with E-state index in [9.17, 15) is 20.0 Å². The van der Waals surface area contributed by atoms with Gasteiger partial charge in [-0.05, 0) is 18.2 Å². The van der Waals surface area contributed by atoms with Crippen LogP contribution < -0.4 is 10.3 Å². The van der Waals surface area contributed by atoms with E-state index in [4.69, 9.17) is 20.8 Å². The fraction of sp³-hybridized carbons (Fsp3) is 0.211. The molecule has 0 spiro atoms. The number of benzene rings is 1. The minimum absolute atomic E-state index is 0.0893. The average molecular weight is 415 g/mol. The van der Waals surface area contributed by atoms with Gasteiger partial charge in [0, 0.05) is 29.1 Å².